The molecular formula is C24H19ClFN3O2S. The highest BCUT2D eigenvalue weighted by atomic mass is 35.5. The summed E-state index contributed by atoms with van der Waals surface area (Å²) in [5, 5.41) is 3.37. The van der Waals surface area contributed by atoms with E-state index in [0.717, 1.165) is 5.56 Å². The molecule has 2 heterocycles. The minimum Gasteiger partial charge on any atom is -0.308 e. The van der Waals surface area contributed by atoms with Crippen molar-refractivity contribution in [3.8, 4) is 0 Å². The van der Waals surface area contributed by atoms with Crippen LogP contribution < -0.4 is 10.2 Å². The van der Waals surface area contributed by atoms with E-state index in [-0.39, 0.29) is 24.3 Å². The number of urea groups is 1. The molecule has 1 N–H and O–H groups in total. The number of para-hydroxylation sites is 1. The van der Waals surface area contributed by atoms with Crippen LogP contribution in [0.25, 0.3) is 0 Å². The van der Waals surface area contributed by atoms with E-state index in [1.54, 1.807) is 52.3 Å². The Hall–Kier alpha value is -3.03. The molecule has 5 nitrogen and oxygen atoms in total. The van der Waals surface area contributed by atoms with Gasteiger partial charge in [0.1, 0.15) is 5.82 Å². The molecule has 0 unspecified atom stereocenters. The molecule has 2 aliphatic heterocycles. The number of hydrogen-bond acceptors (Lipinski definition) is 3. The monoisotopic (exact) mass is 467 g/mol. The molecular weight excluding hydrogens is 449 g/mol. The van der Waals surface area contributed by atoms with Gasteiger partial charge in [-0.3, -0.25) is 9.69 Å². The summed E-state index contributed by atoms with van der Waals surface area (Å²) < 4.78 is 14.4. The van der Waals surface area contributed by atoms with Crippen LogP contribution in [0.5, 0.6) is 0 Å². The second-order valence-corrected chi connectivity index (χ2v) is 9.31. The van der Waals surface area contributed by atoms with Crippen LogP contribution in [0.4, 0.5) is 20.6 Å². The molecule has 0 bridgehead atoms. The van der Waals surface area contributed by atoms with E-state index in [1.165, 1.54) is 17.8 Å². The van der Waals surface area contributed by atoms with Gasteiger partial charge in [0.05, 0.1) is 12.2 Å². The van der Waals surface area contributed by atoms with Crippen LogP contribution in [0, 0.1) is 5.82 Å². The number of benzene rings is 3. The van der Waals surface area contributed by atoms with Gasteiger partial charge in [0, 0.05) is 34.1 Å². The van der Waals surface area contributed by atoms with Crippen molar-refractivity contribution in [2.45, 2.75) is 11.4 Å². The first-order valence-corrected chi connectivity index (χ1v) is 11.5. The number of amides is 3. The lowest BCUT2D eigenvalue weighted by atomic mass is 10.1. The summed E-state index contributed by atoms with van der Waals surface area (Å²) in [6.45, 7) is 0.499. The number of nitrogens with zero attached hydrogens (tertiary/aromatic N) is 2. The number of fused-ring (bicyclic) bond motifs is 2. The van der Waals surface area contributed by atoms with Crippen molar-refractivity contribution in [3.63, 3.8) is 0 Å². The summed E-state index contributed by atoms with van der Waals surface area (Å²) in [5.41, 5.74) is 2.41. The number of halogens is 2. The Morgan fingerprint density at radius 1 is 1.09 bits per heavy atom. The standard InChI is InChI=1S/C24H19ClFN3O2S/c25-17-7-5-8-18(14-17)27-23(31)29-12-13-32-24(29)19-9-2-4-11-21(19)28(22(24)30)15-16-6-1-3-10-20(16)26/h1-11,14H,12-13,15H2,(H,27,31)/t24-/m0/s1. The van der Waals surface area contributed by atoms with Crippen LogP contribution in [-0.2, 0) is 16.2 Å². The van der Waals surface area contributed by atoms with E-state index in [0.29, 0.717) is 34.3 Å². The van der Waals surface area contributed by atoms with Crippen molar-refractivity contribution in [3.05, 3.63) is 94.8 Å². The lowest BCUT2D eigenvalue weighted by molar-refractivity contribution is -0.123. The predicted molar refractivity (Wildman–Crippen MR) is 125 cm³/mol. The number of thioether (sulfide) groups is 1. The fourth-order valence-electron chi connectivity index (χ4n) is 4.28. The van der Waals surface area contributed by atoms with Crippen molar-refractivity contribution in [2.75, 3.05) is 22.5 Å². The van der Waals surface area contributed by atoms with E-state index in [4.69, 9.17) is 11.6 Å². The maximum absolute atomic E-state index is 14.4. The number of rotatable bonds is 3. The van der Waals surface area contributed by atoms with Gasteiger partial charge in [-0.2, -0.15) is 0 Å². The van der Waals surface area contributed by atoms with Crippen molar-refractivity contribution in [1.82, 2.24) is 4.90 Å². The summed E-state index contributed by atoms with van der Waals surface area (Å²) in [6.07, 6.45) is 0. The molecule has 1 fully saturated rings. The molecule has 5 rings (SSSR count). The quantitative estimate of drug-likeness (QED) is 0.556. The third-order valence-corrected chi connectivity index (χ3v) is 7.36. The maximum atomic E-state index is 14.4. The number of nitrogens with one attached hydrogen (secondary N) is 1. The first kappa shape index (κ1) is 20.8. The first-order valence-electron chi connectivity index (χ1n) is 10.1. The highest BCUT2D eigenvalue weighted by Gasteiger charge is 2.59. The van der Waals surface area contributed by atoms with Crippen LogP contribution in [0.1, 0.15) is 11.1 Å². The first-order chi connectivity index (χ1) is 15.5. The summed E-state index contributed by atoms with van der Waals surface area (Å²) in [4.78, 5) is 29.1. The van der Waals surface area contributed by atoms with Gasteiger partial charge in [-0.05, 0) is 30.3 Å². The van der Waals surface area contributed by atoms with Gasteiger partial charge in [0.25, 0.3) is 5.91 Å². The van der Waals surface area contributed by atoms with Gasteiger partial charge in [-0.1, -0.05) is 54.1 Å². The SMILES string of the molecule is O=C(Nc1cccc(Cl)c1)N1CCS[C@@]12C(=O)N(Cc1ccccc1F)c1ccccc12. The zero-order valence-electron chi connectivity index (χ0n) is 16.9. The Morgan fingerprint density at radius 2 is 1.88 bits per heavy atom. The highest BCUT2D eigenvalue weighted by molar-refractivity contribution is 8.01. The lowest BCUT2D eigenvalue weighted by Crippen LogP contribution is -2.51. The zero-order chi connectivity index (χ0) is 22.3. The molecule has 0 radical (unpaired) electrons. The van der Waals surface area contributed by atoms with Crippen LogP contribution in [-0.4, -0.2) is 29.1 Å². The normalized spacial score (nSPS) is 19.5. The minimum atomic E-state index is -1.19. The van der Waals surface area contributed by atoms with E-state index in [9.17, 15) is 14.0 Å². The molecule has 0 saturated carbocycles. The van der Waals surface area contributed by atoms with Gasteiger partial charge < -0.3 is 10.2 Å². The molecule has 3 aromatic carbocycles. The van der Waals surface area contributed by atoms with Gasteiger partial charge in [0.15, 0.2) is 4.87 Å². The largest absolute Gasteiger partial charge is 0.323 e. The molecule has 32 heavy (non-hydrogen) atoms. The highest BCUT2D eigenvalue weighted by Crippen LogP contribution is 2.54. The summed E-state index contributed by atoms with van der Waals surface area (Å²) >= 11 is 7.47. The second-order valence-electron chi connectivity index (χ2n) is 7.58. The molecule has 162 valence electrons. The summed E-state index contributed by atoms with van der Waals surface area (Å²) in [5.74, 6) is -0.00427. The van der Waals surface area contributed by atoms with E-state index in [2.05, 4.69) is 5.32 Å². The number of anilines is 2. The Labute approximate surface area is 194 Å². The van der Waals surface area contributed by atoms with Crippen LogP contribution in [0.15, 0.2) is 72.8 Å². The smallest absolute Gasteiger partial charge is 0.308 e. The maximum Gasteiger partial charge on any atom is 0.323 e. The predicted octanol–water partition coefficient (Wildman–Crippen LogP) is 5.46. The third kappa shape index (κ3) is 3.32. The fourth-order valence-corrected chi connectivity index (χ4v) is 5.93. The Morgan fingerprint density at radius 3 is 2.69 bits per heavy atom. The Bertz CT molecular complexity index is 1220. The van der Waals surface area contributed by atoms with Gasteiger partial charge in [-0.15, -0.1) is 11.8 Å². The zero-order valence-corrected chi connectivity index (χ0v) is 18.5. The van der Waals surface area contributed by atoms with Crippen LogP contribution in [0.3, 0.4) is 0 Å². The third-order valence-electron chi connectivity index (χ3n) is 5.71. The molecule has 0 aliphatic carbocycles. The van der Waals surface area contributed by atoms with Crippen LogP contribution in [0.2, 0.25) is 5.02 Å². The topological polar surface area (TPSA) is 52.7 Å². The molecule has 3 amide bonds. The van der Waals surface area contributed by atoms with Gasteiger partial charge in [-0.25, -0.2) is 9.18 Å². The van der Waals surface area contributed by atoms with E-state index < -0.39 is 4.87 Å². The average molecular weight is 468 g/mol. The van der Waals surface area contributed by atoms with E-state index in [1.807, 2.05) is 24.3 Å². The van der Waals surface area contributed by atoms with Crippen molar-refractivity contribution < 1.29 is 14.0 Å². The Balaban J connectivity index is 1.52. The summed E-state index contributed by atoms with van der Waals surface area (Å²) in [6, 6.07) is 20.3. The van der Waals surface area contributed by atoms with Crippen molar-refractivity contribution in [1.29, 1.82) is 0 Å². The van der Waals surface area contributed by atoms with Crippen molar-refractivity contribution in [2.24, 2.45) is 0 Å². The van der Waals surface area contributed by atoms with Crippen molar-refractivity contribution >= 4 is 46.7 Å². The number of hydrogen-bond donors (Lipinski definition) is 1. The van der Waals surface area contributed by atoms with E-state index >= 15 is 0 Å². The lowest BCUT2D eigenvalue weighted by Gasteiger charge is -2.33. The van der Waals surface area contributed by atoms with Gasteiger partial charge in [0.2, 0.25) is 0 Å². The molecule has 1 saturated heterocycles. The molecule has 3 aromatic rings. The molecule has 8 heteroatoms. The average Bonchev–Trinajstić information content (AvgIpc) is 3.33. The summed E-state index contributed by atoms with van der Waals surface area (Å²) in [7, 11) is 0. The molecule has 0 aromatic heterocycles. The molecule has 1 atom stereocenters. The number of carbonyl (C=O) groups is 2. The van der Waals surface area contributed by atoms with Crippen LogP contribution >= 0.6 is 23.4 Å². The minimum absolute atomic E-state index is 0.0918. The second kappa shape index (κ2) is 8.15. The fraction of sp³-hybridized carbons (Fsp3) is 0.167. The van der Waals surface area contributed by atoms with Gasteiger partial charge >= 0.3 is 6.03 Å². The molecule has 2 aliphatic rings. The Kier molecular flexibility index (Phi) is 5.31. The number of carbonyl (C=O) groups excluding carboxylic acids is 2. The molecule has 1 spiro atoms.